The molecule has 12 aromatic rings. The Labute approximate surface area is 507 Å². The lowest BCUT2D eigenvalue weighted by Gasteiger charge is -2.21. The second-order valence-electron chi connectivity index (χ2n) is 24.3. The third-order valence-electron chi connectivity index (χ3n) is 17.3. The maximum Gasteiger partial charge on any atom is 0.238 e. The van der Waals surface area contributed by atoms with E-state index in [0.717, 1.165) is 97.7 Å². The van der Waals surface area contributed by atoms with Crippen LogP contribution in [0.25, 0.3) is 66.5 Å². The van der Waals surface area contributed by atoms with Crippen LogP contribution in [0.4, 0.5) is 0 Å². The lowest BCUT2D eigenvalue weighted by molar-refractivity contribution is 0.0792. The van der Waals surface area contributed by atoms with Gasteiger partial charge in [0.2, 0.25) is 20.0 Å². The van der Waals surface area contributed by atoms with Crippen molar-refractivity contribution in [2.75, 3.05) is 0 Å². The van der Waals surface area contributed by atoms with E-state index in [9.17, 15) is 21.9 Å². The first kappa shape index (κ1) is 57.3. The third kappa shape index (κ3) is 12.2. The highest BCUT2D eigenvalue weighted by atomic mass is 32.2. The molecule has 8 N–H and O–H groups in total. The summed E-state index contributed by atoms with van der Waals surface area (Å²) in [6.45, 7) is 9.98. The minimum Gasteiger partial charge on any atom is -0.386 e. The number of nitrogens with one attached hydrogen (secondary N) is 3. The summed E-state index contributed by atoms with van der Waals surface area (Å²) in [5.74, 6) is 5.88. The van der Waals surface area contributed by atoms with E-state index < -0.39 is 25.6 Å². The number of aliphatic hydroxyl groups is 1. The highest BCUT2D eigenvalue weighted by molar-refractivity contribution is 7.89. The molecule has 6 atom stereocenters. The lowest BCUT2D eigenvalue weighted by atomic mass is 9.89. The Morgan fingerprint density at radius 2 is 0.701 bits per heavy atom. The molecule has 15 heteroatoms. The van der Waals surface area contributed by atoms with Crippen LogP contribution in [0, 0.1) is 20.8 Å². The van der Waals surface area contributed by atoms with Crippen LogP contribution in [0.3, 0.4) is 0 Å². The van der Waals surface area contributed by atoms with E-state index in [1.54, 1.807) is 24.3 Å². The van der Waals surface area contributed by atoms with Crippen molar-refractivity contribution in [2.45, 2.75) is 105 Å². The molecule has 0 aliphatic heterocycles. The SMILES string of the molecule is Cc1ccc([C@@H]2C[C@@H]2c2nc3ccc(-c4ccccc4C(C)(C)O)cc3[nH]2)cc1.Cc1ccc([C@H]2C[C@@H]2c2nc3ccc(-c4ccccc4S(N)(=O)=O)cc3[nH]2)cc1.Cc1ccc([C@H]2C[C@H]2c2nc3ccc(-c4ccccc4S(N)(=O)=O)cc3[nH]2)cc1. The average Bonchev–Trinajstić information content (AvgIpc) is 1.78. The molecule has 0 radical (unpaired) electrons. The minimum atomic E-state index is -3.80. The Morgan fingerprint density at radius 3 is 1.02 bits per heavy atom. The summed E-state index contributed by atoms with van der Waals surface area (Å²) in [6.07, 6.45) is 3.32. The van der Waals surface area contributed by atoms with Crippen LogP contribution in [0.15, 0.2) is 210 Å². The summed E-state index contributed by atoms with van der Waals surface area (Å²) >= 11 is 0. The smallest absolute Gasteiger partial charge is 0.238 e. The maximum absolute atomic E-state index is 11.9. The van der Waals surface area contributed by atoms with E-state index in [2.05, 4.69) is 133 Å². The Morgan fingerprint density at radius 1 is 0.402 bits per heavy atom. The maximum atomic E-state index is 11.9. The number of aromatic amines is 3. The van der Waals surface area contributed by atoms with Gasteiger partial charge >= 0.3 is 0 Å². The second kappa shape index (κ2) is 22.5. The molecular formula is C72H68N8O5S2. The van der Waals surface area contributed by atoms with Gasteiger partial charge in [0, 0.05) is 28.9 Å². The topological polar surface area (TPSA) is 227 Å². The number of aryl methyl sites for hydroxylation is 3. The number of nitrogens with two attached hydrogens (primary N) is 2. The van der Waals surface area contributed by atoms with Crippen molar-refractivity contribution in [1.29, 1.82) is 0 Å². The molecule has 3 aliphatic rings. The molecule has 0 saturated heterocycles. The van der Waals surface area contributed by atoms with Gasteiger partial charge in [-0.3, -0.25) is 0 Å². The van der Waals surface area contributed by atoms with Gasteiger partial charge in [-0.05, 0) is 165 Å². The molecule has 3 aromatic heterocycles. The number of primary sulfonamides is 2. The fourth-order valence-electron chi connectivity index (χ4n) is 12.3. The van der Waals surface area contributed by atoms with Gasteiger partial charge in [0.1, 0.15) is 17.5 Å². The van der Waals surface area contributed by atoms with Crippen molar-refractivity contribution in [2.24, 2.45) is 10.3 Å². The van der Waals surface area contributed by atoms with Gasteiger partial charge in [-0.1, -0.05) is 168 Å². The number of H-pyrrole nitrogens is 3. The van der Waals surface area contributed by atoms with Crippen molar-refractivity contribution < 1.29 is 21.9 Å². The number of nitrogens with zero attached hydrogens (tertiary/aromatic N) is 3. The van der Waals surface area contributed by atoms with Crippen LogP contribution in [0.5, 0.6) is 0 Å². The fourth-order valence-corrected chi connectivity index (χ4v) is 13.9. The summed E-state index contributed by atoms with van der Waals surface area (Å²) < 4.78 is 47.8. The first-order valence-corrected chi connectivity index (χ1v) is 32.5. The molecule has 3 fully saturated rings. The molecule has 0 amide bonds. The Bertz CT molecular complexity index is 4590. The molecule has 15 rings (SSSR count). The highest BCUT2D eigenvalue weighted by Crippen LogP contribution is 2.56. The number of fused-ring (bicyclic) bond motifs is 3. The molecule has 0 unspecified atom stereocenters. The van der Waals surface area contributed by atoms with Crippen LogP contribution in [0.2, 0.25) is 0 Å². The third-order valence-corrected chi connectivity index (χ3v) is 19.3. The summed E-state index contributed by atoms with van der Waals surface area (Å²) in [6, 6.07) is 65.7. The Balaban J connectivity index is 0.000000121. The molecular weight excluding hydrogens is 1120 g/mol. The Hall–Kier alpha value is -8.83. The first-order chi connectivity index (χ1) is 41.7. The van der Waals surface area contributed by atoms with Crippen LogP contribution >= 0.6 is 0 Å². The zero-order valence-corrected chi connectivity index (χ0v) is 50.7. The Kier molecular flexibility index (Phi) is 14.8. The summed E-state index contributed by atoms with van der Waals surface area (Å²) in [4.78, 5) is 25.1. The number of hydrogen-bond acceptors (Lipinski definition) is 8. The molecule has 0 bridgehead atoms. The summed E-state index contributed by atoms with van der Waals surface area (Å²) in [5, 5.41) is 21.3. The molecule has 438 valence electrons. The molecule has 3 saturated carbocycles. The predicted octanol–water partition coefficient (Wildman–Crippen LogP) is 15.0. The quantitative estimate of drug-likeness (QED) is 0.0688. The predicted molar refractivity (Wildman–Crippen MR) is 346 cm³/mol. The summed E-state index contributed by atoms with van der Waals surface area (Å²) in [5.41, 5.74) is 18.5. The zero-order valence-electron chi connectivity index (χ0n) is 49.0. The molecule has 3 heterocycles. The van der Waals surface area contributed by atoms with Crippen LogP contribution < -0.4 is 10.3 Å². The van der Waals surface area contributed by atoms with Crippen molar-refractivity contribution in [3.8, 4) is 33.4 Å². The number of benzene rings is 9. The monoisotopic (exact) mass is 1190 g/mol. The molecule has 13 nitrogen and oxygen atoms in total. The van der Waals surface area contributed by atoms with Gasteiger partial charge < -0.3 is 20.1 Å². The summed E-state index contributed by atoms with van der Waals surface area (Å²) in [7, 11) is -7.60. The van der Waals surface area contributed by atoms with E-state index in [1.807, 2.05) is 80.6 Å². The average molecular weight is 1190 g/mol. The van der Waals surface area contributed by atoms with Crippen LogP contribution in [-0.2, 0) is 25.6 Å². The molecule has 87 heavy (non-hydrogen) atoms. The van der Waals surface area contributed by atoms with Crippen LogP contribution in [-0.4, -0.2) is 51.8 Å². The number of imidazole rings is 3. The van der Waals surface area contributed by atoms with Gasteiger partial charge in [-0.2, -0.15) is 0 Å². The zero-order chi connectivity index (χ0) is 60.5. The van der Waals surface area contributed by atoms with Crippen molar-refractivity contribution >= 4 is 53.1 Å². The largest absolute Gasteiger partial charge is 0.386 e. The van der Waals surface area contributed by atoms with Crippen LogP contribution in [0.1, 0.15) is 125 Å². The molecule has 9 aromatic carbocycles. The van der Waals surface area contributed by atoms with Crippen molar-refractivity contribution in [3.05, 3.63) is 257 Å². The van der Waals surface area contributed by atoms with Crippen molar-refractivity contribution in [1.82, 2.24) is 29.9 Å². The minimum absolute atomic E-state index is 0.126. The molecule has 3 aliphatic carbocycles. The number of hydrogen-bond donors (Lipinski definition) is 6. The fraction of sp³-hybridized carbons (Fsp3) is 0.208. The van der Waals surface area contributed by atoms with E-state index >= 15 is 0 Å². The second-order valence-corrected chi connectivity index (χ2v) is 27.4. The first-order valence-electron chi connectivity index (χ1n) is 29.5. The van der Waals surface area contributed by atoms with E-state index in [-0.39, 0.29) is 9.79 Å². The van der Waals surface area contributed by atoms with Crippen molar-refractivity contribution in [3.63, 3.8) is 0 Å². The highest BCUT2D eigenvalue weighted by Gasteiger charge is 2.43. The van der Waals surface area contributed by atoms with Gasteiger partial charge in [-0.25, -0.2) is 42.1 Å². The number of aromatic nitrogens is 6. The lowest BCUT2D eigenvalue weighted by Crippen LogP contribution is -2.16. The number of rotatable bonds is 12. The normalized spacial score (nSPS) is 18.9. The number of sulfonamides is 2. The molecule has 0 spiro atoms. The van der Waals surface area contributed by atoms with Gasteiger partial charge in [-0.15, -0.1) is 0 Å². The van der Waals surface area contributed by atoms with E-state index in [0.29, 0.717) is 46.6 Å². The van der Waals surface area contributed by atoms with Gasteiger partial charge in [0.25, 0.3) is 0 Å². The van der Waals surface area contributed by atoms with Gasteiger partial charge in [0.05, 0.1) is 48.5 Å². The van der Waals surface area contributed by atoms with E-state index in [1.165, 1.54) is 45.5 Å². The standard InChI is InChI=1S/C26H26N2O.2C23H21N3O2S/c1-16-8-10-17(11-9-16)20-15-21(20)25-27-23-13-12-18(14-24(23)28-25)19-6-4-5-7-22(19)26(2,3)29;2*1-14-6-8-15(9-7-14)18-13-19(18)23-25-20-11-10-16(12-21(20)26-23)17-4-2-3-5-22(17)29(24,27)28/h4-14,20-21,29H,15H2,1-3H3,(H,27,28);2*2-12,18-19H,13H2,1H3,(H,25,26)(H2,24,27,28)/t20-,21-;18-,19+;18-,19-/m011/s1. The van der Waals surface area contributed by atoms with E-state index in [4.69, 9.17) is 25.2 Å². The van der Waals surface area contributed by atoms with Gasteiger partial charge in [0.15, 0.2) is 0 Å².